The third-order valence-corrected chi connectivity index (χ3v) is 3.27. The van der Waals surface area contributed by atoms with Crippen molar-refractivity contribution < 1.29 is 19.1 Å². The second kappa shape index (κ2) is 7.64. The molecule has 0 saturated carbocycles. The highest BCUT2D eigenvalue weighted by atomic mass is 16.6. The van der Waals surface area contributed by atoms with Crippen molar-refractivity contribution in [2.45, 2.75) is 65.1 Å². The van der Waals surface area contributed by atoms with Crippen LogP contribution in [0.5, 0.6) is 0 Å². The topological polar surface area (TPSA) is 67.9 Å². The Hall–Kier alpha value is -1.30. The molecule has 1 atom stereocenters. The van der Waals surface area contributed by atoms with Crippen LogP contribution in [0.1, 0.15) is 47.5 Å². The van der Waals surface area contributed by atoms with E-state index in [1.807, 2.05) is 27.7 Å². The number of carbonyl (C=O) groups is 2. The fraction of sp³-hybridized carbons (Fsp3) is 0.867. The molecule has 0 aromatic rings. The van der Waals surface area contributed by atoms with E-state index in [1.54, 1.807) is 11.8 Å². The van der Waals surface area contributed by atoms with E-state index in [0.29, 0.717) is 19.7 Å². The molecule has 0 aromatic heterocycles. The first-order valence-electron chi connectivity index (χ1n) is 7.63. The van der Waals surface area contributed by atoms with Crippen LogP contribution in [0, 0.1) is 0 Å². The molecule has 1 saturated heterocycles. The van der Waals surface area contributed by atoms with Crippen molar-refractivity contribution in [3.63, 3.8) is 0 Å². The van der Waals surface area contributed by atoms with Gasteiger partial charge in [-0.2, -0.15) is 0 Å². The van der Waals surface area contributed by atoms with Crippen LogP contribution in [0.3, 0.4) is 0 Å². The summed E-state index contributed by atoms with van der Waals surface area (Å²) in [6.07, 6.45) is 1.37. The maximum absolute atomic E-state index is 11.9. The molecule has 6 heteroatoms. The van der Waals surface area contributed by atoms with Gasteiger partial charge in [0, 0.05) is 19.1 Å². The zero-order valence-electron chi connectivity index (χ0n) is 13.8. The Morgan fingerprint density at radius 1 is 1.29 bits per heavy atom. The van der Waals surface area contributed by atoms with Gasteiger partial charge < -0.3 is 19.7 Å². The molecule has 1 unspecified atom stereocenters. The monoisotopic (exact) mass is 300 g/mol. The fourth-order valence-corrected chi connectivity index (χ4v) is 2.26. The van der Waals surface area contributed by atoms with Crippen molar-refractivity contribution in [2.75, 3.05) is 19.7 Å². The lowest BCUT2D eigenvalue weighted by Crippen LogP contribution is -2.50. The van der Waals surface area contributed by atoms with Gasteiger partial charge in [-0.05, 0) is 47.5 Å². The number of likely N-dealkylation sites (tertiary alicyclic amines) is 1. The molecule has 1 aliphatic heterocycles. The normalized spacial score (nSPS) is 18.2. The van der Waals surface area contributed by atoms with Crippen molar-refractivity contribution >= 4 is 12.1 Å². The fourth-order valence-electron chi connectivity index (χ4n) is 2.26. The Balaban J connectivity index is 2.35. The van der Waals surface area contributed by atoms with E-state index in [0.717, 1.165) is 12.8 Å². The van der Waals surface area contributed by atoms with Gasteiger partial charge in [0.1, 0.15) is 11.6 Å². The van der Waals surface area contributed by atoms with Gasteiger partial charge in [-0.1, -0.05) is 0 Å². The summed E-state index contributed by atoms with van der Waals surface area (Å²) in [5.74, 6) is -0.240. The van der Waals surface area contributed by atoms with Crippen LogP contribution in [0.15, 0.2) is 0 Å². The van der Waals surface area contributed by atoms with Crippen LogP contribution in [0.2, 0.25) is 0 Å². The number of piperidine rings is 1. The number of hydrogen-bond acceptors (Lipinski definition) is 5. The molecule has 6 nitrogen and oxygen atoms in total. The van der Waals surface area contributed by atoms with Crippen LogP contribution in [0.25, 0.3) is 0 Å². The Morgan fingerprint density at radius 3 is 2.33 bits per heavy atom. The third kappa shape index (κ3) is 6.33. The Labute approximate surface area is 127 Å². The molecule has 0 radical (unpaired) electrons. The van der Waals surface area contributed by atoms with Crippen LogP contribution < -0.4 is 5.32 Å². The molecule has 0 aliphatic carbocycles. The molecule has 1 amide bonds. The van der Waals surface area contributed by atoms with Crippen LogP contribution in [-0.2, 0) is 14.3 Å². The highest BCUT2D eigenvalue weighted by Crippen LogP contribution is 2.13. The lowest BCUT2D eigenvalue weighted by Gasteiger charge is -2.33. The standard InChI is InChI=1S/C15H28N2O4/c1-6-20-14(19)17-9-7-12(8-10-17)16-11(2)13(18)21-15(3,4)5/h11-12,16H,6-10H2,1-5H3. The van der Waals surface area contributed by atoms with E-state index >= 15 is 0 Å². The number of ether oxygens (including phenoxy) is 2. The van der Waals surface area contributed by atoms with Gasteiger partial charge in [0.15, 0.2) is 0 Å². The zero-order chi connectivity index (χ0) is 16.0. The number of esters is 1. The van der Waals surface area contributed by atoms with Crippen LogP contribution in [0.4, 0.5) is 4.79 Å². The smallest absolute Gasteiger partial charge is 0.409 e. The average Bonchev–Trinajstić information content (AvgIpc) is 2.37. The van der Waals surface area contributed by atoms with Gasteiger partial charge in [0.25, 0.3) is 0 Å². The van der Waals surface area contributed by atoms with Crippen molar-refractivity contribution in [3.8, 4) is 0 Å². The van der Waals surface area contributed by atoms with Gasteiger partial charge >= 0.3 is 12.1 Å². The third-order valence-electron chi connectivity index (χ3n) is 3.27. The van der Waals surface area contributed by atoms with Crippen molar-refractivity contribution in [1.82, 2.24) is 10.2 Å². The first-order chi connectivity index (χ1) is 9.73. The summed E-state index contributed by atoms with van der Waals surface area (Å²) < 4.78 is 10.3. The summed E-state index contributed by atoms with van der Waals surface area (Å²) in [6, 6.07) is -0.124. The molecule has 122 valence electrons. The molecule has 1 N–H and O–H groups in total. The minimum atomic E-state index is -0.472. The maximum Gasteiger partial charge on any atom is 0.409 e. The minimum absolute atomic E-state index is 0.221. The van der Waals surface area contributed by atoms with Crippen molar-refractivity contribution in [3.05, 3.63) is 0 Å². The zero-order valence-corrected chi connectivity index (χ0v) is 13.8. The molecule has 1 fully saturated rings. The van der Waals surface area contributed by atoms with Crippen LogP contribution in [-0.4, -0.2) is 54.3 Å². The van der Waals surface area contributed by atoms with Gasteiger partial charge in [-0.15, -0.1) is 0 Å². The Morgan fingerprint density at radius 2 is 1.86 bits per heavy atom. The molecule has 1 heterocycles. The van der Waals surface area contributed by atoms with Gasteiger partial charge in [0.05, 0.1) is 6.61 Å². The average molecular weight is 300 g/mol. The number of carbonyl (C=O) groups excluding carboxylic acids is 2. The number of nitrogens with one attached hydrogen (secondary N) is 1. The second-order valence-corrected chi connectivity index (χ2v) is 6.38. The lowest BCUT2D eigenvalue weighted by atomic mass is 10.0. The first-order valence-corrected chi connectivity index (χ1v) is 7.63. The SMILES string of the molecule is CCOC(=O)N1CCC(NC(C)C(=O)OC(C)(C)C)CC1. The number of nitrogens with zero attached hydrogens (tertiary/aromatic N) is 1. The number of rotatable bonds is 4. The summed E-state index contributed by atoms with van der Waals surface area (Å²) in [5.41, 5.74) is -0.472. The van der Waals surface area contributed by atoms with Crippen LogP contribution >= 0.6 is 0 Å². The Kier molecular flexibility index (Phi) is 6.45. The Bertz CT molecular complexity index is 357. The first kappa shape index (κ1) is 17.8. The predicted molar refractivity (Wildman–Crippen MR) is 80.1 cm³/mol. The molecule has 0 spiro atoms. The maximum atomic E-state index is 11.9. The second-order valence-electron chi connectivity index (χ2n) is 6.38. The van der Waals surface area contributed by atoms with E-state index in [9.17, 15) is 9.59 Å². The number of hydrogen-bond donors (Lipinski definition) is 1. The van der Waals surface area contributed by atoms with Gasteiger partial charge in [-0.25, -0.2) is 4.79 Å². The van der Waals surface area contributed by atoms with E-state index in [-0.39, 0.29) is 24.1 Å². The quantitative estimate of drug-likeness (QED) is 0.804. The molecular formula is C15H28N2O4. The highest BCUT2D eigenvalue weighted by Gasteiger charge is 2.27. The number of amides is 1. The molecule has 0 aromatic carbocycles. The van der Waals surface area contributed by atoms with E-state index in [4.69, 9.17) is 9.47 Å². The molecule has 0 bridgehead atoms. The minimum Gasteiger partial charge on any atom is -0.459 e. The molecule has 1 rings (SSSR count). The summed E-state index contributed by atoms with van der Waals surface area (Å²) in [5, 5.41) is 3.28. The largest absolute Gasteiger partial charge is 0.459 e. The van der Waals surface area contributed by atoms with E-state index in [1.165, 1.54) is 0 Å². The highest BCUT2D eigenvalue weighted by molar-refractivity contribution is 5.75. The summed E-state index contributed by atoms with van der Waals surface area (Å²) in [4.78, 5) is 25.2. The lowest BCUT2D eigenvalue weighted by molar-refractivity contribution is -0.157. The summed E-state index contributed by atoms with van der Waals surface area (Å²) >= 11 is 0. The van der Waals surface area contributed by atoms with E-state index in [2.05, 4.69) is 5.32 Å². The van der Waals surface area contributed by atoms with Crippen molar-refractivity contribution in [2.24, 2.45) is 0 Å². The molecule has 1 aliphatic rings. The van der Waals surface area contributed by atoms with Gasteiger partial charge in [0.2, 0.25) is 0 Å². The van der Waals surface area contributed by atoms with Crippen molar-refractivity contribution in [1.29, 1.82) is 0 Å². The molecule has 21 heavy (non-hydrogen) atoms. The van der Waals surface area contributed by atoms with E-state index < -0.39 is 5.60 Å². The van der Waals surface area contributed by atoms with Gasteiger partial charge in [-0.3, -0.25) is 4.79 Å². The summed E-state index contributed by atoms with van der Waals surface area (Å²) in [6.45, 7) is 10.9. The summed E-state index contributed by atoms with van der Waals surface area (Å²) in [7, 11) is 0. The molecular weight excluding hydrogens is 272 g/mol. The predicted octanol–water partition coefficient (Wildman–Crippen LogP) is 1.93.